The molecule has 0 heterocycles. The quantitative estimate of drug-likeness (QED) is 0.655. The molecular weight excluding hydrogens is 357 g/mol. The van der Waals surface area contributed by atoms with Gasteiger partial charge >= 0.3 is 6.11 Å². The van der Waals surface area contributed by atoms with Crippen LogP contribution in [-0.2, 0) is 6.42 Å². The molecule has 1 N–H and O–H groups in total. The molecule has 2 rings (SSSR count). The number of phenolic OH excluding ortho intramolecular Hbond substituents is 1. The standard InChI is InChI=1S/C18H18Cl2F2O2/c1-10(2)13-6-11(4-5-17(13)23)7-14-15(19)8-12(9-16(14)20)24-18(3,21)22/h4-6,8-10,23H,7H2,1-3H3. The Morgan fingerprint density at radius 3 is 2.21 bits per heavy atom. The Labute approximate surface area is 150 Å². The summed E-state index contributed by atoms with van der Waals surface area (Å²) >= 11 is 12.4. The number of hydrogen-bond acceptors (Lipinski definition) is 2. The molecule has 0 aromatic heterocycles. The fourth-order valence-electron chi connectivity index (χ4n) is 2.40. The molecule has 0 atom stereocenters. The number of rotatable bonds is 5. The van der Waals surface area contributed by atoms with Crippen LogP contribution in [0.1, 0.15) is 43.4 Å². The van der Waals surface area contributed by atoms with Gasteiger partial charge in [-0.25, -0.2) is 0 Å². The zero-order valence-corrected chi connectivity index (χ0v) is 15.1. The molecule has 2 nitrogen and oxygen atoms in total. The van der Waals surface area contributed by atoms with E-state index < -0.39 is 6.11 Å². The van der Waals surface area contributed by atoms with E-state index in [0.29, 0.717) is 18.9 Å². The predicted molar refractivity (Wildman–Crippen MR) is 92.7 cm³/mol. The first-order valence-electron chi connectivity index (χ1n) is 7.43. The van der Waals surface area contributed by atoms with Gasteiger partial charge in [0.2, 0.25) is 0 Å². The summed E-state index contributed by atoms with van der Waals surface area (Å²) in [4.78, 5) is 0. The van der Waals surface area contributed by atoms with Gasteiger partial charge < -0.3 is 9.84 Å². The van der Waals surface area contributed by atoms with Gasteiger partial charge in [-0.05, 0) is 40.8 Å². The summed E-state index contributed by atoms with van der Waals surface area (Å²) in [5, 5.41) is 10.4. The van der Waals surface area contributed by atoms with Gasteiger partial charge in [-0.15, -0.1) is 0 Å². The summed E-state index contributed by atoms with van der Waals surface area (Å²) in [7, 11) is 0. The van der Waals surface area contributed by atoms with Gasteiger partial charge in [-0.3, -0.25) is 0 Å². The lowest BCUT2D eigenvalue weighted by molar-refractivity contribution is -0.158. The fraction of sp³-hybridized carbons (Fsp3) is 0.333. The number of aromatic hydroxyl groups is 1. The van der Waals surface area contributed by atoms with E-state index in [1.807, 2.05) is 19.9 Å². The van der Waals surface area contributed by atoms with E-state index in [1.165, 1.54) is 12.1 Å². The van der Waals surface area contributed by atoms with Gasteiger partial charge in [-0.2, -0.15) is 8.78 Å². The summed E-state index contributed by atoms with van der Waals surface area (Å²) in [6.45, 7) is 4.61. The number of ether oxygens (including phenoxy) is 1. The maximum Gasteiger partial charge on any atom is 0.394 e. The molecule has 0 saturated carbocycles. The summed E-state index contributed by atoms with van der Waals surface area (Å²) < 4.78 is 30.4. The van der Waals surface area contributed by atoms with Crippen LogP contribution in [0.25, 0.3) is 0 Å². The molecular formula is C18H18Cl2F2O2. The van der Waals surface area contributed by atoms with Crippen molar-refractivity contribution < 1.29 is 18.6 Å². The van der Waals surface area contributed by atoms with Crippen molar-refractivity contribution in [2.24, 2.45) is 0 Å². The Hall–Kier alpha value is -1.52. The van der Waals surface area contributed by atoms with Crippen molar-refractivity contribution in [3.8, 4) is 11.5 Å². The van der Waals surface area contributed by atoms with Crippen LogP contribution in [0, 0.1) is 0 Å². The molecule has 0 fully saturated rings. The Balaban J connectivity index is 2.32. The molecule has 6 heteroatoms. The van der Waals surface area contributed by atoms with E-state index in [0.717, 1.165) is 11.1 Å². The van der Waals surface area contributed by atoms with Crippen LogP contribution >= 0.6 is 23.2 Å². The van der Waals surface area contributed by atoms with Crippen LogP contribution in [0.15, 0.2) is 30.3 Å². The molecule has 2 aromatic rings. The van der Waals surface area contributed by atoms with E-state index >= 15 is 0 Å². The van der Waals surface area contributed by atoms with Gasteiger partial charge in [0.15, 0.2) is 0 Å². The second-order valence-electron chi connectivity index (χ2n) is 6.00. The third kappa shape index (κ3) is 4.74. The third-order valence-corrected chi connectivity index (χ3v) is 4.18. The maximum atomic E-state index is 12.9. The minimum absolute atomic E-state index is 0.0881. The minimum atomic E-state index is -3.31. The summed E-state index contributed by atoms with van der Waals surface area (Å²) in [5.41, 5.74) is 2.35. The third-order valence-electron chi connectivity index (χ3n) is 3.51. The second kappa shape index (κ2) is 7.16. The normalized spacial score (nSPS) is 11.8. The van der Waals surface area contributed by atoms with Crippen molar-refractivity contribution in [2.75, 3.05) is 0 Å². The zero-order valence-electron chi connectivity index (χ0n) is 13.5. The molecule has 0 spiro atoms. The highest BCUT2D eigenvalue weighted by Gasteiger charge is 2.24. The van der Waals surface area contributed by atoms with Crippen molar-refractivity contribution in [2.45, 2.75) is 39.2 Å². The lowest BCUT2D eigenvalue weighted by Crippen LogP contribution is -2.19. The number of benzene rings is 2. The number of phenols is 1. The molecule has 0 aliphatic rings. The van der Waals surface area contributed by atoms with Crippen LogP contribution in [0.3, 0.4) is 0 Å². The summed E-state index contributed by atoms with van der Waals surface area (Å²) in [6, 6.07) is 7.94. The van der Waals surface area contributed by atoms with Gasteiger partial charge in [0.05, 0.1) is 0 Å². The van der Waals surface area contributed by atoms with Gasteiger partial charge in [0, 0.05) is 23.4 Å². The van der Waals surface area contributed by atoms with Gasteiger partial charge in [0.25, 0.3) is 0 Å². The lowest BCUT2D eigenvalue weighted by atomic mass is 9.96. The monoisotopic (exact) mass is 374 g/mol. The number of alkyl halides is 2. The SMILES string of the molecule is CC(C)c1cc(Cc2c(Cl)cc(OC(C)(F)F)cc2Cl)ccc1O. The van der Waals surface area contributed by atoms with Crippen molar-refractivity contribution in [1.82, 2.24) is 0 Å². The smallest absolute Gasteiger partial charge is 0.394 e. The average Bonchev–Trinajstić information content (AvgIpc) is 2.42. The molecule has 130 valence electrons. The molecule has 0 unspecified atom stereocenters. The Morgan fingerprint density at radius 1 is 1.12 bits per heavy atom. The molecule has 0 aliphatic heterocycles. The molecule has 0 radical (unpaired) electrons. The van der Waals surface area contributed by atoms with Crippen molar-refractivity contribution in [1.29, 1.82) is 0 Å². The van der Waals surface area contributed by atoms with Crippen LogP contribution in [0.2, 0.25) is 10.0 Å². The summed E-state index contributed by atoms with van der Waals surface area (Å²) in [5.74, 6) is 0.313. The minimum Gasteiger partial charge on any atom is -0.508 e. The fourth-order valence-corrected chi connectivity index (χ4v) is 3.00. The Kier molecular flexibility index (Phi) is 5.61. The molecule has 0 bridgehead atoms. The van der Waals surface area contributed by atoms with Crippen LogP contribution < -0.4 is 4.74 Å². The number of hydrogen-bond donors (Lipinski definition) is 1. The highest BCUT2D eigenvalue weighted by Crippen LogP contribution is 2.35. The topological polar surface area (TPSA) is 29.5 Å². The average molecular weight is 375 g/mol. The number of halogens is 4. The maximum absolute atomic E-state index is 12.9. The van der Waals surface area contributed by atoms with Gasteiger partial charge in [-0.1, -0.05) is 49.2 Å². The predicted octanol–water partition coefficient (Wildman–Crippen LogP) is 6.40. The largest absolute Gasteiger partial charge is 0.508 e. The van der Waals surface area contributed by atoms with E-state index in [2.05, 4.69) is 4.74 Å². The van der Waals surface area contributed by atoms with Crippen LogP contribution in [-0.4, -0.2) is 11.2 Å². The second-order valence-corrected chi connectivity index (χ2v) is 6.81. The highest BCUT2D eigenvalue weighted by molar-refractivity contribution is 6.36. The first-order valence-corrected chi connectivity index (χ1v) is 8.19. The zero-order chi connectivity index (χ0) is 18.1. The van der Waals surface area contributed by atoms with Crippen LogP contribution in [0.5, 0.6) is 11.5 Å². The van der Waals surface area contributed by atoms with Crippen LogP contribution in [0.4, 0.5) is 8.78 Å². The van der Waals surface area contributed by atoms with E-state index in [1.54, 1.807) is 12.1 Å². The highest BCUT2D eigenvalue weighted by atomic mass is 35.5. The van der Waals surface area contributed by atoms with E-state index in [9.17, 15) is 13.9 Å². The van der Waals surface area contributed by atoms with E-state index in [-0.39, 0.29) is 27.5 Å². The summed E-state index contributed by atoms with van der Waals surface area (Å²) in [6.07, 6.45) is -2.89. The molecule has 0 saturated heterocycles. The molecule has 24 heavy (non-hydrogen) atoms. The lowest BCUT2D eigenvalue weighted by Gasteiger charge is -2.16. The van der Waals surface area contributed by atoms with Crippen molar-refractivity contribution in [3.63, 3.8) is 0 Å². The van der Waals surface area contributed by atoms with Gasteiger partial charge in [0.1, 0.15) is 11.5 Å². The van der Waals surface area contributed by atoms with E-state index in [4.69, 9.17) is 23.2 Å². The molecule has 0 aliphatic carbocycles. The Bertz CT molecular complexity index is 717. The van der Waals surface area contributed by atoms with Crippen molar-refractivity contribution in [3.05, 3.63) is 57.1 Å². The first kappa shape index (κ1) is 18.8. The molecule has 0 amide bonds. The first-order chi connectivity index (χ1) is 11.1. The Morgan fingerprint density at radius 2 is 1.71 bits per heavy atom. The van der Waals surface area contributed by atoms with Crippen molar-refractivity contribution >= 4 is 23.2 Å². The molecule has 2 aromatic carbocycles.